The van der Waals surface area contributed by atoms with Crippen LogP contribution in [-0.2, 0) is 42.6 Å². The van der Waals surface area contributed by atoms with E-state index in [1.54, 1.807) is 0 Å². The SMILES string of the molecule is C(CSC(CSCC1CO1)CSCC(CSCC1CO1)SCCSCC1CO1)SCC1CO1.C(CSCC(CSCC1CO1)SCCSCC1CO1)SCC1CO1.C(CSCC1CC1)SCCSCC1CO1.C1OC1CSC1CSC1. The highest BCUT2D eigenvalue weighted by Gasteiger charge is 2.29. The Labute approximate surface area is 563 Å². The van der Waals surface area contributed by atoms with Crippen molar-refractivity contribution < 1.29 is 42.6 Å². The second kappa shape index (κ2) is 46.6. The number of ether oxygens (including phenoxy) is 9. The van der Waals surface area contributed by atoms with Crippen molar-refractivity contribution in [3.8, 4) is 0 Å². The Kier molecular flexibility index (Phi) is 41.7. The highest BCUT2D eigenvalue weighted by atomic mass is 32.2. The fourth-order valence-corrected chi connectivity index (χ4v) is 28.7. The molecular formula is C55H96O9S17. The van der Waals surface area contributed by atoms with Crippen molar-refractivity contribution in [1.82, 2.24) is 0 Å². The van der Waals surface area contributed by atoms with Gasteiger partial charge in [0, 0.05) is 188 Å². The van der Waals surface area contributed by atoms with E-state index >= 15 is 0 Å². The van der Waals surface area contributed by atoms with Gasteiger partial charge in [0.1, 0.15) is 0 Å². The van der Waals surface area contributed by atoms with Crippen LogP contribution in [0.15, 0.2) is 0 Å². The molecule has 10 heterocycles. The van der Waals surface area contributed by atoms with Crippen LogP contribution in [0.3, 0.4) is 0 Å². The van der Waals surface area contributed by atoms with Crippen molar-refractivity contribution in [2.45, 2.75) is 88.8 Å². The van der Waals surface area contributed by atoms with Gasteiger partial charge >= 0.3 is 0 Å². The van der Waals surface area contributed by atoms with E-state index in [4.69, 9.17) is 42.6 Å². The van der Waals surface area contributed by atoms with Crippen LogP contribution in [0.5, 0.6) is 0 Å². The molecule has 0 N–H and O–H groups in total. The van der Waals surface area contributed by atoms with E-state index < -0.39 is 0 Å². The van der Waals surface area contributed by atoms with Crippen molar-refractivity contribution in [2.24, 2.45) is 5.92 Å². The van der Waals surface area contributed by atoms with Gasteiger partial charge in [0.05, 0.1) is 114 Å². The molecule has 81 heavy (non-hydrogen) atoms. The molecule has 11 fully saturated rings. The zero-order valence-electron chi connectivity index (χ0n) is 47.7. The Morgan fingerprint density at radius 2 is 0.531 bits per heavy atom. The molecule has 10 saturated heterocycles. The summed E-state index contributed by atoms with van der Waals surface area (Å²) in [5.74, 6) is 39.1. The summed E-state index contributed by atoms with van der Waals surface area (Å²) in [6, 6.07) is 0. The van der Waals surface area contributed by atoms with Gasteiger partial charge in [-0.05, 0) is 24.5 Å². The maximum absolute atomic E-state index is 5.40. The molecule has 1 saturated carbocycles. The third-order valence-corrected chi connectivity index (χ3v) is 36.4. The van der Waals surface area contributed by atoms with Crippen LogP contribution in [0.2, 0.25) is 0 Å². The van der Waals surface area contributed by atoms with Crippen molar-refractivity contribution >= 4 is 200 Å². The minimum atomic E-state index is 0.542. The minimum absolute atomic E-state index is 0.542. The lowest BCUT2D eigenvalue weighted by Gasteiger charge is -2.23. The summed E-state index contributed by atoms with van der Waals surface area (Å²) in [5.41, 5.74) is 0. The Hall–Kier alpha value is 5.59. The first kappa shape index (κ1) is 72.4. The monoisotopic (exact) mass is 1440 g/mol. The molecule has 0 radical (unpaired) electrons. The largest absolute Gasteiger partial charge is 0.372 e. The number of thioether (sulfide) groups is 17. The quantitative estimate of drug-likeness (QED) is 0.0425. The highest BCUT2D eigenvalue weighted by molar-refractivity contribution is 8.09. The highest BCUT2D eigenvalue weighted by Crippen LogP contribution is 2.34. The van der Waals surface area contributed by atoms with Crippen LogP contribution in [0, 0.1) is 5.92 Å². The third-order valence-electron chi connectivity index (χ3n) is 12.9. The van der Waals surface area contributed by atoms with Crippen molar-refractivity contribution in [2.75, 3.05) is 232 Å². The van der Waals surface area contributed by atoms with E-state index in [2.05, 4.69) is 176 Å². The number of hydrogen-bond acceptors (Lipinski definition) is 26. The van der Waals surface area contributed by atoms with Crippen LogP contribution in [0.25, 0.3) is 0 Å². The van der Waals surface area contributed by atoms with E-state index in [-0.39, 0.29) is 0 Å². The molecule has 0 amide bonds. The molecule has 11 rings (SSSR count). The lowest BCUT2D eigenvalue weighted by atomic mass is 10.5. The Balaban J connectivity index is 0.000000155. The summed E-state index contributed by atoms with van der Waals surface area (Å²) in [5, 5.41) is 3.25. The average molecular weight is 1450 g/mol. The van der Waals surface area contributed by atoms with Gasteiger partial charge in [0.15, 0.2) is 0 Å². The maximum atomic E-state index is 5.40. The van der Waals surface area contributed by atoms with Crippen LogP contribution in [0.4, 0.5) is 0 Å². The molecule has 12 unspecified atom stereocenters. The minimum Gasteiger partial charge on any atom is -0.372 e. The molecule has 11 aliphatic rings. The summed E-state index contributed by atoms with van der Waals surface area (Å²) in [6.45, 7) is 8.93. The number of hydrogen-bond donors (Lipinski definition) is 0. The van der Waals surface area contributed by atoms with E-state index in [9.17, 15) is 0 Å². The maximum Gasteiger partial charge on any atom is 0.0900 e. The second-order valence-electron chi connectivity index (χ2n) is 21.3. The normalized spacial score (nSPS) is 28.7. The fourth-order valence-electron chi connectivity index (χ4n) is 6.89. The molecule has 26 heteroatoms. The molecule has 0 aromatic rings. The predicted molar refractivity (Wildman–Crippen MR) is 391 cm³/mol. The Morgan fingerprint density at radius 3 is 0.840 bits per heavy atom. The smallest absolute Gasteiger partial charge is 0.0900 e. The first-order valence-corrected chi connectivity index (χ1v) is 48.9. The molecule has 9 nitrogen and oxygen atoms in total. The van der Waals surface area contributed by atoms with Gasteiger partial charge in [0.2, 0.25) is 0 Å². The molecule has 0 bridgehead atoms. The van der Waals surface area contributed by atoms with Crippen molar-refractivity contribution in [1.29, 1.82) is 0 Å². The standard InChI is InChI=1S/C22H38O4S7.C16H28O3S5.C11H20OS3.C6H10OS2/c1(27-9-17-5-23-17)3-32-21(13-29-11-19-7-25-19)15-31-16-22(14-30-12-20-8-26-20)33-4-2-28-10-18-6-24-18;1(20-8-13-5-17-13)2-22-11-16(12-23-10-15-7-19-15)24-4-3-21-9-14-6-18-14;1-2-10(1)8-14-5-3-13-4-6-15-9-11-7-12-11;1-5(7-1)2-9-6-3-8-4-6/h17-22H,1-16H2;13-16H,1-12H2;10-11H,1-9H2;5-6H,1-4H2. The van der Waals surface area contributed by atoms with Crippen LogP contribution < -0.4 is 0 Å². The van der Waals surface area contributed by atoms with Crippen LogP contribution in [0.1, 0.15) is 12.8 Å². The van der Waals surface area contributed by atoms with Gasteiger partial charge in [-0.15, -0.1) is 0 Å². The summed E-state index contributed by atoms with van der Waals surface area (Å²) in [4.78, 5) is 0. The van der Waals surface area contributed by atoms with Crippen LogP contribution >= 0.6 is 200 Å². The molecular weight excluding hydrogens is 1350 g/mol. The topological polar surface area (TPSA) is 113 Å². The molecule has 0 aromatic carbocycles. The zero-order chi connectivity index (χ0) is 55.5. The summed E-state index contributed by atoms with van der Waals surface area (Å²) >= 11 is 35.9. The van der Waals surface area contributed by atoms with Crippen molar-refractivity contribution in [3.63, 3.8) is 0 Å². The predicted octanol–water partition coefficient (Wildman–Crippen LogP) is 11.9. The number of epoxide rings is 9. The molecule has 10 aliphatic heterocycles. The van der Waals surface area contributed by atoms with E-state index in [1.165, 1.54) is 185 Å². The average Bonchev–Trinajstić information content (AvgIpc) is 4.26. The van der Waals surface area contributed by atoms with Crippen LogP contribution in [-0.4, -0.2) is 308 Å². The van der Waals surface area contributed by atoms with Gasteiger partial charge < -0.3 is 42.6 Å². The summed E-state index contributed by atoms with van der Waals surface area (Å²) < 4.78 is 47.6. The molecule has 472 valence electrons. The van der Waals surface area contributed by atoms with Gasteiger partial charge in [-0.1, -0.05) is 0 Å². The van der Waals surface area contributed by atoms with Gasteiger partial charge in [-0.3, -0.25) is 0 Å². The zero-order valence-corrected chi connectivity index (χ0v) is 61.6. The Morgan fingerprint density at radius 1 is 0.272 bits per heavy atom. The van der Waals surface area contributed by atoms with Gasteiger partial charge in [0.25, 0.3) is 0 Å². The van der Waals surface area contributed by atoms with Gasteiger partial charge in [-0.25, -0.2) is 0 Å². The Bertz CT molecular complexity index is 1470. The summed E-state index contributed by atoms with van der Waals surface area (Å²) in [6.07, 6.45) is 8.12. The molecule has 12 atom stereocenters. The molecule has 1 aliphatic carbocycles. The van der Waals surface area contributed by atoms with Crippen molar-refractivity contribution in [3.05, 3.63) is 0 Å². The molecule has 0 aromatic heterocycles. The lowest BCUT2D eigenvalue weighted by Crippen LogP contribution is -2.21. The fraction of sp³-hybridized carbons (Fsp3) is 1.00. The van der Waals surface area contributed by atoms with E-state index in [1.807, 2.05) is 23.5 Å². The second-order valence-corrected chi connectivity index (χ2v) is 41.5. The first-order chi connectivity index (χ1) is 40.1. The molecule has 0 spiro atoms. The first-order valence-electron chi connectivity index (χ1n) is 29.7. The number of rotatable bonds is 54. The van der Waals surface area contributed by atoms with E-state index in [0.717, 1.165) is 86.4 Å². The van der Waals surface area contributed by atoms with E-state index in [0.29, 0.717) is 54.9 Å². The van der Waals surface area contributed by atoms with Gasteiger partial charge in [-0.2, -0.15) is 200 Å². The lowest BCUT2D eigenvalue weighted by molar-refractivity contribution is 0.426. The third kappa shape index (κ3) is 44.8. The summed E-state index contributed by atoms with van der Waals surface area (Å²) in [7, 11) is 0.